The summed E-state index contributed by atoms with van der Waals surface area (Å²) >= 11 is 0. The molecular formula is C19H30F3IN4O. The van der Waals surface area contributed by atoms with Crippen LogP contribution in [0.1, 0.15) is 26.3 Å². The predicted octanol–water partition coefficient (Wildman–Crippen LogP) is 3.74. The second-order valence-electron chi connectivity index (χ2n) is 6.95. The minimum atomic E-state index is -4.19. The van der Waals surface area contributed by atoms with Gasteiger partial charge in [-0.1, -0.05) is 12.1 Å². The maximum atomic E-state index is 12.9. The first-order chi connectivity index (χ1) is 12.7. The van der Waals surface area contributed by atoms with Gasteiger partial charge in [-0.3, -0.25) is 9.89 Å². The van der Waals surface area contributed by atoms with Gasteiger partial charge in [0.15, 0.2) is 5.96 Å². The van der Waals surface area contributed by atoms with Gasteiger partial charge in [-0.15, -0.1) is 24.0 Å². The molecule has 1 heterocycles. The molecule has 1 aromatic carbocycles. The highest BCUT2D eigenvalue weighted by Crippen LogP contribution is 2.25. The first kappa shape index (κ1) is 24.8. The number of ether oxygens (including phenoxy) is 1. The first-order valence-electron chi connectivity index (χ1n) is 9.22. The van der Waals surface area contributed by atoms with E-state index in [1.165, 1.54) is 11.8 Å². The highest BCUT2D eigenvalue weighted by molar-refractivity contribution is 14.0. The summed E-state index contributed by atoms with van der Waals surface area (Å²) in [5, 5.41) is 3.28. The smallest absolute Gasteiger partial charge is 0.403 e. The molecule has 0 saturated carbocycles. The fourth-order valence-corrected chi connectivity index (χ4v) is 3.00. The van der Waals surface area contributed by atoms with Crippen LogP contribution in [0.3, 0.4) is 0 Å². The zero-order valence-electron chi connectivity index (χ0n) is 16.8. The molecule has 9 heteroatoms. The van der Waals surface area contributed by atoms with Gasteiger partial charge in [0.05, 0.1) is 6.10 Å². The van der Waals surface area contributed by atoms with Gasteiger partial charge in [0.1, 0.15) is 11.8 Å². The summed E-state index contributed by atoms with van der Waals surface area (Å²) in [5.74, 6) is 1.53. The maximum absolute atomic E-state index is 12.9. The monoisotopic (exact) mass is 514 g/mol. The number of rotatable bonds is 5. The Morgan fingerprint density at radius 2 is 1.68 bits per heavy atom. The Kier molecular flexibility index (Phi) is 9.82. The summed E-state index contributed by atoms with van der Waals surface area (Å²) in [7, 11) is 1.69. The van der Waals surface area contributed by atoms with E-state index >= 15 is 0 Å². The van der Waals surface area contributed by atoms with Gasteiger partial charge in [0, 0.05) is 39.8 Å². The number of halogens is 4. The molecule has 0 spiro atoms. The molecule has 5 nitrogen and oxygen atoms in total. The largest absolute Gasteiger partial charge is 0.491 e. The van der Waals surface area contributed by atoms with E-state index < -0.39 is 12.2 Å². The van der Waals surface area contributed by atoms with Crippen molar-refractivity contribution in [2.24, 2.45) is 4.99 Å². The first-order valence-corrected chi connectivity index (χ1v) is 9.22. The summed E-state index contributed by atoms with van der Waals surface area (Å²) in [6, 6.07) is 6.41. The quantitative estimate of drug-likeness (QED) is 0.370. The molecule has 1 unspecified atom stereocenters. The number of alkyl halides is 3. The molecule has 1 atom stereocenters. The summed E-state index contributed by atoms with van der Waals surface area (Å²) in [6.07, 6.45) is -4.06. The van der Waals surface area contributed by atoms with Gasteiger partial charge in [-0.25, -0.2) is 0 Å². The second-order valence-corrected chi connectivity index (χ2v) is 6.95. The number of hydrogen-bond donors (Lipinski definition) is 1. The van der Waals surface area contributed by atoms with E-state index in [4.69, 9.17) is 4.74 Å². The van der Waals surface area contributed by atoms with Crippen LogP contribution in [0.5, 0.6) is 5.75 Å². The number of aliphatic imine (C=N–C) groups is 1. The van der Waals surface area contributed by atoms with Gasteiger partial charge >= 0.3 is 6.18 Å². The molecule has 0 aliphatic carbocycles. The van der Waals surface area contributed by atoms with E-state index in [1.54, 1.807) is 7.05 Å². The third-order valence-corrected chi connectivity index (χ3v) is 4.59. The number of nitrogens with zero attached hydrogens (tertiary/aromatic N) is 3. The van der Waals surface area contributed by atoms with Crippen molar-refractivity contribution in [1.29, 1.82) is 0 Å². The zero-order valence-corrected chi connectivity index (χ0v) is 19.1. The van der Waals surface area contributed by atoms with Crippen LogP contribution in [0.2, 0.25) is 0 Å². The lowest BCUT2D eigenvalue weighted by Gasteiger charge is -2.39. The van der Waals surface area contributed by atoms with Crippen molar-refractivity contribution < 1.29 is 17.9 Å². The zero-order chi connectivity index (χ0) is 20.0. The van der Waals surface area contributed by atoms with Gasteiger partial charge in [-0.05, 0) is 38.5 Å². The van der Waals surface area contributed by atoms with Crippen molar-refractivity contribution in [3.63, 3.8) is 0 Å². The normalized spacial score (nSPS) is 17.3. The summed E-state index contributed by atoms with van der Waals surface area (Å²) in [5.41, 5.74) is 1.08. The lowest BCUT2D eigenvalue weighted by Crippen LogP contribution is -2.56. The molecule has 28 heavy (non-hydrogen) atoms. The molecule has 1 N–H and O–H groups in total. The summed E-state index contributed by atoms with van der Waals surface area (Å²) in [6.45, 7) is 7.53. The highest BCUT2D eigenvalue weighted by atomic mass is 127. The van der Waals surface area contributed by atoms with Gasteiger partial charge in [0.2, 0.25) is 0 Å². The molecule has 1 aliphatic heterocycles. The van der Waals surface area contributed by atoms with E-state index in [0.29, 0.717) is 38.7 Å². The number of hydrogen-bond acceptors (Lipinski definition) is 3. The SMILES string of the molecule is CN=C(NCc1ccc(OC(C)C)cc1)N1CCN(C(C)C(F)(F)F)CC1.I. The lowest BCUT2D eigenvalue weighted by molar-refractivity contribution is -0.181. The molecule has 1 fully saturated rings. The van der Waals surface area contributed by atoms with Gasteiger partial charge < -0.3 is 15.0 Å². The van der Waals surface area contributed by atoms with E-state index in [-0.39, 0.29) is 30.1 Å². The lowest BCUT2D eigenvalue weighted by atomic mass is 10.2. The topological polar surface area (TPSA) is 40.1 Å². The Morgan fingerprint density at radius 3 is 2.14 bits per heavy atom. The van der Waals surface area contributed by atoms with Crippen molar-refractivity contribution >= 4 is 29.9 Å². The molecule has 1 aliphatic rings. The fraction of sp³-hybridized carbons (Fsp3) is 0.632. The minimum absolute atomic E-state index is 0. The van der Waals surface area contributed by atoms with E-state index in [2.05, 4.69) is 10.3 Å². The van der Waals surface area contributed by atoms with Crippen LogP contribution in [-0.4, -0.2) is 67.3 Å². The van der Waals surface area contributed by atoms with Crippen molar-refractivity contribution in [2.45, 2.75) is 45.6 Å². The maximum Gasteiger partial charge on any atom is 0.403 e. The Hall–Kier alpha value is -1.23. The van der Waals surface area contributed by atoms with Crippen LogP contribution in [0.15, 0.2) is 29.3 Å². The Balaban J connectivity index is 0.00000392. The third-order valence-electron chi connectivity index (χ3n) is 4.59. The van der Waals surface area contributed by atoms with Crippen LogP contribution in [-0.2, 0) is 6.54 Å². The van der Waals surface area contributed by atoms with Gasteiger partial charge in [0.25, 0.3) is 0 Å². The number of benzene rings is 1. The summed E-state index contributed by atoms with van der Waals surface area (Å²) in [4.78, 5) is 7.73. The number of nitrogens with one attached hydrogen (secondary N) is 1. The highest BCUT2D eigenvalue weighted by Gasteiger charge is 2.41. The van der Waals surface area contributed by atoms with E-state index in [0.717, 1.165) is 11.3 Å². The average Bonchev–Trinajstić information content (AvgIpc) is 2.62. The molecule has 1 aromatic rings. The molecule has 160 valence electrons. The van der Waals surface area contributed by atoms with Crippen molar-refractivity contribution in [3.05, 3.63) is 29.8 Å². The van der Waals surface area contributed by atoms with Crippen LogP contribution in [0, 0.1) is 0 Å². The molecule has 1 saturated heterocycles. The molecule has 2 rings (SSSR count). The van der Waals surface area contributed by atoms with Crippen molar-refractivity contribution in [1.82, 2.24) is 15.1 Å². The molecule has 0 amide bonds. The average molecular weight is 514 g/mol. The Bertz CT molecular complexity index is 615. The molecule has 0 bridgehead atoms. The van der Waals surface area contributed by atoms with Crippen LogP contribution < -0.4 is 10.1 Å². The van der Waals surface area contributed by atoms with Crippen LogP contribution in [0.4, 0.5) is 13.2 Å². The third kappa shape index (κ3) is 7.31. The second kappa shape index (κ2) is 11.1. The molecule has 0 aromatic heterocycles. The summed E-state index contributed by atoms with van der Waals surface area (Å²) < 4.78 is 44.2. The van der Waals surface area contributed by atoms with Crippen molar-refractivity contribution in [2.75, 3.05) is 33.2 Å². The van der Waals surface area contributed by atoms with Crippen LogP contribution in [0.25, 0.3) is 0 Å². The molecular weight excluding hydrogens is 484 g/mol. The Labute approximate surface area is 182 Å². The number of guanidine groups is 1. The Morgan fingerprint density at radius 1 is 1.11 bits per heavy atom. The molecule has 0 radical (unpaired) electrons. The van der Waals surface area contributed by atoms with E-state index in [1.807, 2.05) is 43.0 Å². The predicted molar refractivity (Wildman–Crippen MR) is 116 cm³/mol. The van der Waals surface area contributed by atoms with Gasteiger partial charge in [-0.2, -0.15) is 13.2 Å². The number of piperazine rings is 1. The fourth-order valence-electron chi connectivity index (χ4n) is 3.00. The standard InChI is InChI=1S/C19H29F3N4O.HI/c1-14(2)27-17-7-5-16(6-8-17)13-24-18(23-4)26-11-9-25(10-12-26)15(3)19(20,21)22;/h5-8,14-15H,9-13H2,1-4H3,(H,23,24);1H. The minimum Gasteiger partial charge on any atom is -0.491 e. The van der Waals surface area contributed by atoms with E-state index in [9.17, 15) is 13.2 Å². The van der Waals surface area contributed by atoms with Crippen molar-refractivity contribution in [3.8, 4) is 5.75 Å². The van der Waals surface area contributed by atoms with Crippen LogP contribution >= 0.6 is 24.0 Å².